The molecule has 1 amide bonds. The first-order chi connectivity index (χ1) is 12.8. The lowest BCUT2D eigenvalue weighted by atomic mass is 10.1. The lowest BCUT2D eigenvalue weighted by molar-refractivity contribution is -0.136. The van der Waals surface area contributed by atoms with Crippen LogP contribution in [0.25, 0.3) is 11.0 Å². The molecule has 0 saturated heterocycles. The number of aryl methyl sites for hydroxylation is 1. The van der Waals surface area contributed by atoms with E-state index < -0.39 is 17.6 Å². The zero-order chi connectivity index (χ0) is 19.2. The van der Waals surface area contributed by atoms with Crippen molar-refractivity contribution in [2.45, 2.75) is 38.4 Å². The van der Waals surface area contributed by atoms with Crippen molar-refractivity contribution in [3.05, 3.63) is 47.5 Å². The molecule has 1 N–H and O–H groups in total. The zero-order valence-electron chi connectivity index (χ0n) is 14.4. The smallest absolute Gasteiger partial charge is 0.324 e. The van der Waals surface area contributed by atoms with Crippen LogP contribution in [-0.4, -0.2) is 25.7 Å². The molecule has 0 radical (unpaired) electrons. The molecule has 27 heavy (non-hydrogen) atoms. The summed E-state index contributed by atoms with van der Waals surface area (Å²) in [5.41, 5.74) is 0.502. The van der Waals surface area contributed by atoms with Gasteiger partial charge in [0.05, 0.1) is 16.6 Å². The van der Waals surface area contributed by atoms with Crippen LogP contribution in [0.15, 0.2) is 30.6 Å². The standard InChI is InChI=1S/C18H16F3N5O/c1-10-16-13(18(19,20)21)8-14(11-2-3-11)24-17(16)26(25-10)9-15(27)23-12-4-6-22-7-5-12/h4-8,11H,2-3,9H2,1H3,(H,22,23,27). The van der Waals surface area contributed by atoms with Crippen molar-refractivity contribution in [3.63, 3.8) is 0 Å². The summed E-state index contributed by atoms with van der Waals surface area (Å²) in [7, 11) is 0. The average Bonchev–Trinajstić information content (AvgIpc) is 3.41. The Kier molecular flexibility index (Phi) is 4.09. The molecular weight excluding hydrogens is 359 g/mol. The van der Waals surface area contributed by atoms with Crippen molar-refractivity contribution in [1.82, 2.24) is 19.7 Å². The first-order valence-corrected chi connectivity index (χ1v) is 8.48. The van der Waals surface area contributed by atoms with E-state index in [0.717, 1.165) is 18.9 Å². The monoisotopic (exact) mass is 375 g/mol. The second kappa shape index (κ2) is 6.33. The summed E-state index contributed by atoms with van der Waals surface area (Å²) in [6.45, 7) is 1.26. The molecule has 1 saturated carbocycles. The van der Waals surface area contributed by atoms with Crippen molar-refractivity contribution in [1.29, 1.82) is 0 Å². The van der Waals surface area contributed by atoms with Gasteiger partial charge in [-0.3, -0.25) is 9.78 Å². The SMILES string of the molecule is Cc1nn(CC(=O)Nc2ccncc2)c2nc(C3CC3)cc(C(F)(F)F)c12. The number of pyridine rings is 2. The van der Waals surface area contributed by atoms with Crippen molar-refractivity contribution >= 4 is 22.6 Å². The van der Waals surface area contributed by atoms with Gasteiger partial charge in [0.2, 0.25) is 5.91 Å². The van der Waals surface area contributed by atoms with E-state index >= 15 is 0 Å². The van der Waals surface area contributed by atoms with Crippen LogP contribution in [0.1, 0.15) is 35.7 Å². The number of rotatable bonds is 4. The molecule has 3 heterocycles. The summed E-state index contributed by atoms with van der Waals surface area (Å²) in [5, 5.41) is 6.76. The number of aromatic nitrogens is 4. The molecule has 0 aromatic carbocycles. The van der Waals surface area contributed by atoms with Gasteiger partial charge >= 0.3 is 6.18 Å². The van der Waals surface area contributed by atoms with Crippen LogP contribution in [0, 0.1) is 6.92 Å². The van der Waals surface area contributed by atoms with Gasteiger partial charge in [0.25, 0.3) is 0 Å². The van der Waals surface area contributed by atoms with Gasteiger partial charge in [0.1, 0.15) is 6.54 Å². The number of carbonyl (C=O) groups is 1. The molecule has 4 rings (SSSR count). The fraction of sp³-hybridized carbons (Fsp3) is 0.333. The number of nitrogens with zero attached hydrogens (tertiary/aromatic N) is 4. The number of fused-ring (bicyclic) bond motifs is 1. The minimum atomic E-state index is -4.51. The van der Waals surface area contributed by atoms with Gasteiger partial charge in [-0.1, -0.05) is 0 Å². The van der Waals surface area contributed by atoms with Crippen molar-refractivity contribution < 1.29 is 18.0 Å². The third-order valence-corrected chi connectivity index (χ3v) is 4.46. The molecule has 0 atom stereocenters. The maximum Gasteiger partial charge on any atom is 0.417 e. The lowest BCUT2D eigenvalue weighted by Crippen LogP contribution is -2.20. The summed E-state index contributed by atoms with van der Waals surface area (Å²) in [4.78, 5) is 20.6. The Bertz CT molecular complexity index is 1010. The zero-order valence-corrected chi connectivity index (χ0v) is 14.4. The van der Waals surface area contributed by atoms with Gasteiger partial charge in [-0.2, -0.15) is 18.3 Å². The third-order valence-electron chi connectivity index (χ3n) is 4.46. The van der Waals surface area contributed by atoms with Crippen LogP contribution in [-0.2, 0) is 17.5 Å². The van der Waals surface area contributed by atoms with Gasteiger partial charge in [0, 0.05) is 29.7 Å². The van der Waals surface area contributed by atoms with Crippen molar-refractivity contribution in [2.75, 3.05) is 5.32 Å². The minimum absolute atomic E-state index is 0.0461. The maximum absolute atomic E-state index is 13.6. The number of hydrogen-bond donors (Lipinski definition) is 1. The molecule has 3 aromatic rings. The molecule has 3 aromatic heterocycles. The predicted molar refractivity (Wildman–Crippen MR) is 92.1 cm³/mol. The maximum atomic E-state index is 13.6. The summed E-state index contributed by atoms with van der Waals surface area (Å²) < 4.78 is 42.0. The molecule has 9 heteroatoms. The van der Waals surface area contributed by atoms with E-state index in [1.165, 1.54) is 24.0 Å². The summed E-state index contributed by atoms with van der Waals surface area (Å²) in [6, 6.07) is 4.36. The molecule has 0 unspecified atom stereocenters. The van der Waals surface area contributed by atoms with Crippen LogP contribution in [0.5, 0.6) is 0 Å². The van der Waals surface area contributed by atoms with E-state index in [1.54, 1.807) is 12.1 Å². The normalized spacial score (nSPS) is 14.5. The van der Waals surface area contributed by atoms with Gasteiger partial charge in [-0.25, -0.2) is 9.67 Å². The molecule has 140 valence electrons. The van der Waals surface area contributed by atoms with E-state index in [0.29, 0.717) is 11.4 Å². The molecule has 0 bridgehead atoms. The van der Waals surface area contributed by atoms with Crippen molar-refractivity contribution in [3.8, 4) is 0 Å². The number of halogens is 3. The van der Waals surface area contributed by atoms with E-state index in [4.69, 9.17) is 0 Å². The molecule has 1 fully saturated rings. The summed E-state index contributed by atoms with van der Waals surface area (Å²) in [5.74, 6) is -0.359. The highest BCUT2D eigenvalue weighted by Gasteiger charge is 2.37. The van der Waals surface area contributed by atoms with Crippen LogP contribution < -0.4 is 5.32 Å². The Labute approximate surface area is 152 Å². The Morgan fingerprint density at radius 3 is 2.63 bits per heavy atom. The largest absolute Gasteiger partial charge is 0.417 e. The number of hydrogen-bond acceptors (Lipinski definition) is 4. The molecule has 1 aliphatic rings. The minimum Gasteiger partial charge on any atom is -0.324 e. The quantitative estimate of drug-likeness (QED) is 0.755. The summed E-state index contributed by atoms with van der Waals surface area (Å²) >= 11 is 0. The first kappa shape index (κ1) is 17.4. The fourth-order valence-electron chi connectivity index (χ4n) is 3.07. The molecule has 0 aliphatic heterocycles. The molecule has 6 nitrogen and oxygen atoms in total. The highest BCUT2D eigenvalue weighted by Crippen LogP contribution is 2.43. The van der Waals surface area contributed by atoms with Crippen LogP contribution in [0.2, 0.25) is 0 Å². The summed E-state index contributed by atoms with van der Waals surface area (Å²) in [6.07, 6.45) is 0.198. The van der Waals surface area contributed by atoms with E-state index in [9.17, 15) is 18.0 Å². The fourth-order valence-corrected chi connectivity index (χ4v) is 3.07. The Morgan fingerprint density at radius 1 is 1.30 bits per heavy atom. The van der Waals surface area contributed by atoms with Gasteiger partial charge in [-0.05, 0) is 38.0 Å². The van der Waals surface area contributed by atoms with Crippen molar-refractivity contribution in [2.24, 2.45) is 0 Å². The first-order valence-electron chi connectivity index (χ1n) is 8.48. The Hall–Kier alpha value is -2.97. The molecule has 1 aliphatic carbocycles. The second-order valence-electron chi connectivity index (χ2n) is 6.59. The second-order valence-corrected chi connectivity index (χ2v) is 6.59. The van der Waals surface area contributed by atoms with Gasteiger partial charge in [0.15, 0.2) is 5.65 Å². The van der Waals surface area contributed by atoms with Crippen LogP contribution >= 0.6 is 0 Å². The van der Waals surface area contributed by atoms with Crippen LogP contribution in [0.4, 0.5) is 18.9 Å². The third kappa shape index (κ3) is 3.49. The average molecular weight is 375 g/mol. The number of nitrogens with one attached hydrogen (secondary N) is 1. The number of amides is 1. The van der Waals surface area contributed by atoms with Gasteiger partial charge in [-0.15, -0.1) is 0 Å². The Morgan fingerprint density at radius 2 is 2.00 bits per heavy atom. The number of anilines is 1. The van der Waals surface area contributed by atoms with E-state index in [1.807, 2.05) is 0 Å². The van der Waals surface area contributed by atoms with E-state index in [2.05, 4.69) is 20.4 Å². The predicted octanol–water partition coefficient (Wildman–Crippen LogP) is 3.67. The molecule has 0 spiro atoms. The topological polar surface area (TPSA) is 72.7 Å². The molecular formula is C18H16F3N5O. The highest BCUT2D eigenvalue weighted by atomic mass is 19.4. The Balaban J connectivity index is 1.73. The highest BCUT2D eigenvalue weighted by molar-refractivity contribution is 5.92. The number of alkyl halides is 3. The van der Waals surface area contributed by atoms with E-state index in [-0.39, 0.29) is 29.2 Å². The van der Waals surface area contributed by atoms with Gasteiger partial charge < -0.3 is 5.32 Å². The number of carbonyl (C=O) groups excluding carboxylic acids is 1. The lowest BCUT2D eigenvalue weighted by Gasteiger charge is -2.11. The van der Waals surface area contributed by atoms with Crippen LogP contribution in [0.3, 0.4) is 0 Å².